The number of allylic oxidation sites excluding steroid dienone is 2. The van der Waals surface area contributed by atoms with Gasteiger partial charge in [0.15, 0.2) is 5.78 Å². The van der Waals surface area contributed by atoms with Gasteiger partial charge in [-0.2, -0.15) is 0 Å². The van der Waals surface area contributed by atoms with Crippen molar-refractivity contribution in [3.8, 4) is 0 Å². The molecule has 0 saturated heterocycles. The minimum atomic E-state index is -0.395. The Labute approximate surface area is 241 Å². The Morgan fingerprint density at radius 1 is 1.00 bits per heavy atom. The van der Waals surface area contributed by atoms with Gasteiger partial charge in [0.05, 0.1) is 18.8 Å². The number of ether oxygens (including phenoxy) is 1. The van der Waals surface area contributed by atoms with Crippen LogP contribution >= 0.6 is 0 Å². The highest BCUT2D eigenvalue weighted by Crippen LogP contribution is 2.77. The molecule has 0 amide bonds. The molecule has 4 nitrogen and oxygen atoms in total. The quantitative estimate of drug-likeness (QED) is 0.216. The number of hydrogen-bond donors (Lipinski definition) is 0. The summed E-state index contributed by atoms with van der Waals surface area (Å²) in [6, 6.07) is 3.85. The summed E-state index contributed by atoms with van der Waals surface area (Å²) in [6.45, 7) is 18.7. The van der Waals surface area contributed by atoms with Gasteiger partial charge in [0.2, 0.25) is 0 Å². The molecular weight excluding hydrogens is 496 g/mol. The van der Waals surface area contributed by atoms with E-state index in [1.165, 1.54) is 12.0 Å². The number of ketones is 1. The lowest BCUT2D eigenvalue weighted by Gasteiger charge is -2.72. The van der Waals surface area contributed by atoms with Gasteiger partial charge in [-0.25, -0.2) is 0 Å². The van der Waals surface area contributed by atoms with Crippen molar-refractivity contribution in [1.29, 1.82) is 0 Å². The summed E-state index contributed by atoms with van der Waals surface area (Å²) >= 11 is 0. The van der Waals surface area contributed by atoms with Crippen molar-refractivity contribution in [2.45, 2.75) is 99.3 Å². The second kappa shape index (κ2) is 8.95. The Kier molecular flexibility index (Phi) is 6.27. The van der Waals surface area contributed by atoms with Gasteiger partial charge in [-0.3, -0.25) is 9.59 Å². The Morgan fingerprint density at radius 2 is 1.75 bits per heavy atom. The monoisotopic (exact) mass is 546 g/mol. The molecule has 0 bridgehead atoms. The lowest BCUT2D eigenvalue weighted by Crippen LogP contribution is -2.67. The van der Waals surface area contributed by atoms with Crippen LogP contribution in [0.4, 0.5) is 0 Å². The smallest absolute Gasteiger partial charge is 0.312 e. The molecule has 1 aromatic rings. The van der Waals surface area contributed by atoms with Gasteiger partial charge >= 0.3 is 5.97 Å². The first-order valence-corrected chi connectivity index (χ1v) is 15.8. The minimum absolute atomic E-state index is 0.0199. The van der Waals surface area contributed by atoms with E-state index in [0.29, 0.717) is 35.4 Å². The predicted octanol–water partition coefficient (Wildman–Crippen LogP) is 8.67. The maximum Gasteiger partial charge on any atom is 0.312 e. The molecule has 0 aliphatic heterocycles. The summed E-state index contributed by atoms with van der Waals surface area (Å²) in [5.41, 5.74) is 1.75. The first-order valence-electron chi connectivity index (χ1n) is 15.8. The highest BCUT2D eigenvalue weighted by atomic mass is 16.5. The normalized spacial score (nSPS) is 46.6. The Morgan fingerprint density at radius 3 is 2.40 bits per heavy atom. The maximum absolute atomic E-state index is 13.9. The van der Waals surface area contributed by atoms with Crippen molar-refractivity contribution in [3.05, 3.63) is 41.9 Å². The average Bonchev–Trinajstić information content (AvgIpc) is 3.55. The summed E-state index contributed by atoms with van der Waals surface area (Å²) in [4.78, 5) is 27.4. The fourth-order valence-corrected chi connectivity index (χ4v) is 12.2. The number of carbonyl (C=O) groups is 2. The first-order chi connectivity index (χ1) is 18.8. The summed E-state index contributed by atoms with van der Waals surface area (Å²) in [5, 5.41) is 0. The minimum Gasteiger partial charge on any atom is -0.469 e. The van der Waals surface area contributed by atoms with Crippen LogP contribution in [0.15, 0.2) is 40.5 Å². The molecule has 0 N–H and O–H groups in total. The molecule has 5 unspecified atom stereocenters. The Bertz CT molecular complexity index is 1250. The highest BCUT2D eigenvalue weighted by molar-refractivity contribution is 6.04. The van der Waals surface area contributed by atoms with Crippen molar-refractivity contribution < 1.29 is 18.7 Å². The predicted molar refractivity (Wildman–Crippen MR) is 158 cm³/mol. The van der Waals surface area contributed by atoms with E-state index < -0.39 is 5.41 Å². The van der Waals surface area contributed by atoms with E-state index >= 15 is 0 Å². The number of rotatable bonds is 3. The van der Waals surface area contributed by atoms with Crippen LogP contribution < -0.4 is 0 Å². The van der Waals surface area contributed by atoms with E-state index in [0.717, 1.165) is 62.7 Å². The lowest BCUT2D eigenvalue weighted by molar-refractivity contribution is -0.232. The molecular formula is C36H50O4. The molecule has 5 saturated carbocycles. The van der Waals surface area contributed by atoms with Crippen molar-refractivity contribution in [2.75, 3.05) is 7.11 Å². The third-order valence-corrected chi connectivity index (χ3v) is 14.1. The summed E-state index contributed by atoms with van der Waals surface area (Å²) < 4.78 is 11.2. The maximum atomic E-state index is 13.9. The second-order valence-corrected chi connectivity index (χ2v) is 15.7. The second-order valence-electron chi connectivity index (χ2n) is 15.7. The highest BCUT2D eigenvalue weighted by Gasteiger charge is 2.72. The molecule has 4 heteroatoms. The van der Waals surface area contributed by atoms with Crippen LogP contribution in [-0.2, 0) is 14.3 Å². The number of fused-ring (bicyclic) bond motifs is 7. The van der Waals surface area contributed by atoms with Crippen LogP contribution in [0.3, 0.4) is 0 Å². The van der Waals surface area contributed by atoms with Gasteiger partial charge in [0, 0.05) is 5.41 Å². The Hall–Kier alpha value is -2.10. The number of Topliss-reactive ketones (excluding diaryl/α,β-unsaturated/α-hetero) is 1. The topological polar surface area (TPSA) is 56.5 Å². The Balaban J connectivity index is 1.42. The van der Waals surface area contributed by atoms with Gasteiger partial charge < -0.3 is 9.15 Å². The fraction of sp³-hybridized carbons (Fsp3) is 0.722. The molecule has 9 atom stereocenters. The van der Waals surface area contributed by atoms with Crippen LogP contribution in [0, 0.1) is 56.7 Å². The van der Waals surface area contributed by atoms with Gasteiger partial charge in [0.25, 0.3) is 0 Å². The van der Waals surface area contributed by atoms with Crippen LogP contribution in [-0.4, -0.2) is 18.9 Å². The summed E-state index contributed by atoms with van der Waals surface area (Å²) in [5.74, 6) is 3.19. The molecule has 0 aromatic carbocycles. The van der Waals surface area contributed by atoms with Gasteiger partial charge in [-0.15, -0.1) is 0 Å². The van der Waals surface area contributed by atoms with E-state index in [1.807, 2.05) is 18.2 Å². The standard InChI is InChI=1S/C36H50O4/c1-22(2)25-13-16-36(31(38)39-8)18-17-34(6)26(29(25)36)11-12-28-33(5)21-23(20-24-10-9-19-40-24)30(37)32(3,4)27(33)14-15-35(28,34)7/h9-10,19-20,25-29H,1,11-18,21H2,2-8H3/b23-20-/t25-,26?,27?,28?,29?,33-,34+,35+,36?/m0/s1. The molecule has 5 aliphatic carbocycles. The molecule has 218 valence electrons. The van der Waals surface area contributed by atoms with Gasteiger partial charge in [0.1, 0.15) is 5.76 Å². The van der Waals surface area contributed by atoms with Crippen molar-refractivity contribution in [3.63, 3.8) is 0 Å². The number of carbonyl (C=O) groups excluding carboxylic acids is 2. The zero-order chi connectivity index (χ0) is 28.9. The van der Waals surface area contributed by atoms with E-state index in [4.69, 9.17) is 9.15 Å². The molecule has 6 rings (SSSR count). The van der Waals surface area contributed by atoms with E-state index in [2.05, 4.69) is 48.1 Å². The largest absolute Gasteiger partial charge is 0.469 e. The van der Waals surface area contributed by atoms with Crippen LogP contribution in [0.1, 0.15) is 105 Å². The molecule has 1 heterocycles. The van der Waals surface area contributed by atoms with Crippen LogP contribution in [0.5, 0.6) is 0 Å². The zero-order valence-electron chi connectivity index (χ0n) is 25.9. The molecule has 5 aliphatic rings. The van der Waals surface area contributed by atoms with E-state index in [9.17, 15) is 9.59 Å². The molecule has 0 radical (unpaired) electrons. The van der Waals surface area contributed by atoms with Crippen molar-refractivity contribution in [1.82, 2.24) is 0 Å². The average molecular weight is 547 g/mol. The third-order valence-electron chi connectivity index (χ3n) is 14.1. The van der Waals surface area contributed by atoms with Crippen molar-refractivity contribution in [2.24, 2.45) is 56.7 Å². The zero-order valence-corrected chi connectivity index (χ0v) is 25.9. The lowest BCUT2D eigenvalue weighted by atomic mass is 9.32. The SMILES string of the molecule is C=C(C)[C@@H]1CCC2(C(=O)OC)CC[C@]3(C)C(CCC4[C@@]5(C)C/C(=C/c6ccco6)C(=O)C(C)(C)C5CC[C@]43C)C12. The molecule has 40 heavy (non-hydrogen) atoms. The van der Waals surface area contributed by atoms with Gasteiger partial charge in [-0.05, 0) is 134 Å². The van der Waals surface area contributed by atoms with E-state index in [1.54, 1.807) is 13.4 Å². The molecule has 0 spiro atoms. The molecule has 5 fully saturated rings. The summed E-state index contributed by atoms with van der Waals surface area (Å²) in [6.07, 6.45) is 13.1. The van der Waals surface area contributed by atoms with E-state index in [-0.39, 0.29) is 27.6 Å². The van der Waals surface area contributed by atoms with Crippen molar-refractivity contribution >= 4 is 17.8 Å². The summed E-state index contributed by atoms with van der Waals surface area (Å²) in [7, 11) is 1.58. The number of furan rings is 1. The number of hydrogen-bond acceptors (Lipinski definition) is 4. The van der Waals surface area contributed by atoms with Crippen LogP contribution in [0.25, 0.3) is 6.08 Å². The van der Waals surface area contributed by atoms with Crippen LogP contribution in [0.2, 0.25) is 0 Å². The molecule has 1 aromatic heterocycles. The number of esters is 1. The first kappa shape index (κ1) is 28.0. The number of methoxy groups -OCH3 is 1. The van der Waals surface area contributed by atoms with Gasteiger partial charge in [-0.1, -0.05) is 46.8 Å². The third kappa shape index (κ3) is 3.43. The fourth-order valence-electron chi connectivity index (χ4n) is 12.2.